The van der Waals surface area contributed by atoms with Crippen molar-refractivity contribution in [3.05, 3.63) is 107 Å². The quantitative estimate of drug-likeness (QED) is 0.442. The third kappa shape index (κ3) is 3.94. The standard InChI is InChI=1S/C27H26N2O/c1-20-9-5-6-10-21(20)15-16-29-18-24-17-23-13-7-8-14-25(23)28-27(24)30-26(19-29)22-11-3-2-4-12-22/h2-14,17,26H,15-16,18-19H2,1H3/t26-/m0/s1. The lowest BCUT2D eigenvalue weighted by atomic mass is 10.0. The van der Waals surface area contributed by atoms with Crippen molar-refractivity contribution in [2.45, 2.75) is 26.0 Å². The molecule has 30 heavy (non-hydrogen) atoms. The average molecular weight is 395 g/mol. The van der Waals surface area contributed by atoms with E-state index >= 15 is 0 Å². The predicted octanol–water partition coefficient (Wildman–Crippen LogP) is 5.72. The smallest absolute Gasteiger partial charge is 0.219 e. The van der Waals surface area contributed by atoms with Crippen LogP contribution in [0.5, 0.6) is 5.88 Å². The largest absolute Gasteiger partial charge is 0.468 e. The molecule has 1 aliphatic heterocycles. The van der Waals surface area contributed by atoms with Gasteiger partial charge in [0.2, 0.25) is 5.88 Å². The van der Waals surface area contributed by atoms with Crippen LogP contribution in [-0.4, -0.2) is 23.0 Å². The molecule has 0 aliphatic carbocycles. The first-order valence-electron chi connectivity index (χ1n) is 10.6. The fourth-order valence-corrected chi connectivity index (χ4v) is 4.25. The Balaban J connectivity index is 1.48. The number of fused-ring (bicyclic) bond motifs is 2. The van der Waals surface area contributed by atoms with Gasteiger partial charge in [-0.2, -0.15) is 0 Å². The third-order valence-electron chi connectivity index (χ3n) is 5.97. The molecule has 3 aromatic carbocycles. The molecular weight excluding hydrogens is 368 g/mol. The van der Waals surface area contributed by atoms with Gasteiger partial charge < -0.3 is 4.74 Å². The number of nitrogens with zero attached hydrogens (tertiary/aromatic N) is 2. The van der Waals surface area contributed by atoms with Crippen LogP contribution in [0.15, 0.2) is 84.9 Å². The minimum Gasteiger partial charge on any atom is -0.468 e. The zero-order chi connectivity index (χ0) is 20.3. The molecule has 0 saturated carbocycles. The van der Waals surface area contributed by atoms with E-state index in [2.05, 4.69) is 90.7 Å². The van der Waals surface area contributed by atoms with Gasteiger partial charge in [0.1, 0.15) is 6.10 Å². The summed E-state index contributed by atoms with van der Waals surface area (Å²) in [5, 5.41) is 1.16. The van der Waals surface area contributed by atoms with Gasteiger partial charge in [0.15, 0.2) is 0 Å². The molecule has 150 valence electrons. The topological polar surface area (TPSA) is 25.4 Å². The molecule has 1 aliphatic rings. The van der Waals surface area contributed by atoms with Gasteiger partial charge in [-0.1, -0.05) is 72.8 Å². The minimum atomic E-state index is -0.0296. The Kier molecular flexibility index (Phi) is 5.20. The van der Waals surface area contributed by atoms with Crippen LogP contribution < -0.4 is 4.74 Å². The van der Waals surface area contributed by atoms with Gasteiger partial charge >= 0.3 is 0 Å². The molecule has 4 aromatic rings. The molecule has 3 nitrogen and oxygen atoms in total. The first kappa shape index (κ1) is 18.8. The second kappa shape index (κ2) is 8.29. The number of pyridine rings is 1. The van der Waals surface area contributed by atoms with Crippen LogP contribution in [0.25, 0.3) is 10.9 Å². The van der Waals surface area contributed by atoms with Gasteiger partial charge in [-0.3, -0.25) is 4.90 Å². The summed E-state index contributed by atoms with van der Waals surface area (Å²) in [5.74, 6) is 0.765. The van der Waals surface area contributed by atoms with Crippen LogP contribution in [0, 0.1) is 6.92 Å². The van der Waals surface area contributed by atoms with E-state index in [1.165, 1.54) is 16.7 Å². The lowest BCUT2D eigenvalue weighted by Crippen LogP contribution is -2.30. The zero-order valence-electron chi connectivity index (χ0n) is 17.3. The van der Waals surface area contributed by atoms with Gasteiger partial charge in [-0.15, -0.1) is 0 Å². The molecule has 0 radical (unpaired) electrons. The van der Waals surface area contributed by atoms with Gasteiger partial charge in [0.25, 0.3) is 0 Å². The van der Waals surface area contributed by atoms with E-state index in [0.717, 1.165) is 48.4 Å². The van der Waals surface area contributed by atoms with Crippen LogP contribution >= 0.6 is 0 Å². The molecule has 3 heteroatoms. The van der Waals surface area contributed by atoms with E-state index in [1.807, 2.05) is 6.07 Å². The van der Waals surface area contributed by atoms with Crippen molar-refractivity contribution in [2.24, 2.45) is 0 Å². The maximum absolute atomic E-state index is 6.50. The van der Waals surface area contributed by atoms with Crippen molar-refractivity contribution in [3.8, 4) is 5.88 Å². The van der Waals surface area contributed by atoms with Crippen molar-refractivity contribution in [3.63, 3.8) is 0 Å². The number of hydrogen-bond donors (Lipinski definition) is 0. The van der Waals surface area contributed by atoms with Gasteiger partial charge in [0.05, 0.1) is 5.52 Å². The molecule has 0 bridgehead atoms. The van der Waals surface area contributed by atoms with Crippen LogP contribution in [0.1, 0.15) is 28.4 Å². The SMILES string of the molecule is Cc1ccccc1CCN1Cc2cc3ccccc3nc2O[C@H](c2ccccc2)C1. The van der Waals surface area contributed by atoms with E-state index in [1.54, 1.807) is 0 Å². The van der Waals surface area contributed by atoms with E-state index in [4.69, 9.17) is 9.72 Å². The number of aromatic nitrogens is 1. The van der Waals surface area contributed by atoms with Crippen molar-refractivity contribution >= 4 is 10.9 Å². The maximum atomic E-state index is 6.50. The first-order chi connectivity index (χ1) is 14.8. The summed E-state index contributed by atoms with van der Waals surface area (Å²) in [4.78, 5) is 7.38. The lowest BCUT2D eigenvalue weighted by molar-refractivity contribution is 0.145. The highest BCUT2D eigenvalue weighted by Gasteiger charge is 2.25. The molecule has 0 saturated heterocycles. The van der Waals surface area contributed by atoms with Crippen LogP contribution in [-0.2, 0) is 13.0 Å². The lowest BCUT2D eigenvalue weighted by Gasteiger charge is -2.24. The highest BCUT2D eigenvalue weighted by atomic mass is 16.5. The third-order valence-corrected chi connectivity index (χ3v) is 5.97. The number of ether oxygens (including phenoxy) is 1. The normalized spacial score (nSPS) is 16.6. The summed E-state index contributed by atoms with van der Waals surface area (Å²) in [7, 11) is 0. The predicted molar refractivity (Wildman–Crippen MR) is 122 cm³/mol. The summed E-state index contributed by atoms with van der Waals surface area (Å²) in [6.45, 7) is 4.88. The van der Waals surface area contributed by atoms with Crippen LogP contribution in [0.4, 0.5) is 0 Å². The van der Waals surface area contributed by atoms with Gasteiger partial charge in [-0.25, -0.2) is 4.98 Å². The summed E-state index contributed by atoms with van der Waals surface area (Å²) in [6.07, 6.45) is 1.00. The molecule has 0 spiro atoms. The number of para-hydroxylation sites is 1. The molecule has 0 N–H and O–H groups in total. The Morgan fingerprint density at radius 1 is 0.933 bits per heavy atom. The average Bonchev–Trinajstić information content (AvgIpc) is 2.96. The zero-order valence-corrected chi connectivity index (χ0v) is 17.3. The van der Waals surface area contributed by atoms with Crippen molar-refractivity contribution < 1.29 is 4.74 Å². The first-order valence-corrected chi connectivity index (χ1v) is 10.6. The summed E-state index contributed by atoms with van der Waals surface area (Å²) in [5.41, 5.74) is 6.11. The van der Waals surface area contributed by atoms with E-state index < -0.39 is 0 Å². The van der Waals surface area contributed by atoms with E-state index in [-0.39, 0.29) is 6.10 Å². The Labute approximate surface area is 178 Å². The minimum absolute atomic E-state index is 0.0296. The highest BCUT2D eigenvalue weighted by molar-refractivity contribution is 5.80. The molecule has 1 aromatic heterocycles. The number of hydrogen-bond acceptors (Lipinski definition) is 3. The molecule has 5 rings (SSSR count). The van der Waals surface area contributed by atoms with Crippen LogP contribution in [0.3, 0.4) is 0 Å². The van der Waals surface area contributed by atoms with Crippen molar-refractivity contribution in [1.82, 2.24) is 9.88 Å². The molecule has 0 unspecified atom stereocenters. The Morgan fingerprint density at radius 2 is 1.70 bits per heavy atom. The Morgan fingerprint density at radius 3 is 2.57 bits per heavy atom. The Bertz CT molecular complexity index is 1160. The molecule has 2 heterocycles. The number of aryl methyl sites for hydroxylation is 1. The fourth-order valence-electron chi connectivity index (χ4n) is 4.25. The Hall–Kier alpha value is -3.17. The molecular formula is C27H26N2O. The summed E-state index contributed by atoms with van der Waals surface area (Å²) in [6, 6.07) is 29.7. The monoisotopic (exact) mass is 394 g/mol. The maximum Gasteiger partial charge on any atom is 0.219 e. The van der Waals surface area contributed by atoms with Crippen molar-refractivity contribution in [1.29, 1.82) is 0 Å². The highest BCUT2D eigenvalue weighted by Crippen LogP contribution is 2.32. The number of benzene rings is 3. The van der Waals surface area contributed by atoms with Crippen LogP contribution in [0.2, 0.25) is 0 Å². The van der Waals surface area contributed by atoms with Crippen molar-refractivity contribution in [2.75, 3.05) is 13.1 Å². The summed E-state index contributed by atoms with van der Waals surface area (Å²) >= 11 is 0. The fraction of sp³-hybridized carbons (Fsp3) is 0.222. The second-order valence-corrected chi connectivity index (χ2v) is 8.07. The number of rotatable bonds is 4. The van der Waals surface area contributed by atoms with Gasteiger partial charge in [-0.05, 0) is 42.2 Å². The molecule has 1 atom stereocenters. The molecule has 0 amide bonds. The molecule has 0 fully saturated rings. The van der Waals surface area contributed by atoms with E-state index in [0.29, 0.717) is 0 Å². The summed E-state index contributed by atoms with van der Waals surface area (Å²) < 4.78 is 6.50. The van der Waals surface area contributed by atoms with E-state index in [9.17, 15) is 0 Å². The van der Waals surface area contributed by atoms with Gasteiger partial charge in [0, 0.05) is 30.6 Å². The second-order valence-electron chi connectivity index (χ2n) is 8.07.